The number of anilines is 1. The van der Waals surface area contributed by atoms with Crippen LogP contribution in [0.1, 0.15) is 18.4 Å². The normalized spacial score (nSPS) is 19.1. The minimum absolute atomic E-state index is 0.0626. The lowest BCUT2D eigenvalue weighted by atomic mass is 10.2. The van der Waals surface area contributed by atoms with Crippen LogP contribution in [0.3, 0.4) is 0 Å². The summed E-state index contributed by atoms with van der Waals surface area (Å²) in [5, 5.41) is 0. The number of aryl methyl sites for hydroxylation is 1. The van der Waals surface area contributed by atoms with E-state index >= 15 is 0 Å². The Kier molecular flexibility index (Phi) is 3.90. The molecule has 1 atom stereocenters. The van der Waals surface area contributed by atoms with E-state index in [1.54, 1.807) is 25.2 Å². The Morgan fingerprint density at radius 1 is 1.56 bits per heavy atom. The molecule has 4 nitrogen and oxygen atoms in total. The number of pyridine rings is 1. The predicted molar refractivity (Wildman–Crippen MR) is 75.7 cm³/mol. The third-order valence-corrected chi connectivity index (χ3v) is 3.70. The van der Waals surface area contributed by atoms with Gasteiger partial charge in [0, 0.05) is 31.3 Å². The lowest BCUT2D eigenvalue weighted by Gasteiger charge is -2.28. The highest BCUT2D eigenvalue weighted by molar-refractivity contribution is 9.10. The maximum absolute atomic E-state index is 12.2. The maximum Gasteiger partial charge on any atom is 0.244 e. The van der Waals surface area contributed by atoms with Gasteiger partial charge in [-0.2, -0.15) is 0 Å². The molecule has 1 aromatic rings. The van der Waals surface area contributed by atoms with Crippen LogP contribution >= 0.6 is 15.9 Å². The molecule has 98 valence electrons. The molecule has 2 heterocycles. The number of hydrogen-bond donors (Lipinski definition) is 0. The molecule has 1 aliphatic rings. The van der Waals surface area contributed by atoms with Crippen molar-refractivity contribution in [3.05, 3.63) is 22.3 Å². The molecule has 1 aromatic heterocycles. The van der Waals surface area contributed by atoms with Crippen LogP contribution in [0.2, 0.25) is 0 Å². The van der Waals surface area contributed by atoms with Gasteiger partial charge in [-0.25, -0.2) is 4.98 Å². The summed E-state index contributed by atoms with van der Waals surface area (Å²) in [7, 11) is 3.61. The number of carbonyl (C=O) groups excluding carboxylic acids is 1. The van der Waals surface area contributed by atoms with Crippen LogP contribution in [0, 0.1) is 6.92 Å². The van der Waals surface area contributed by atoms with Gasteiger partial charge in [0.25, 0.3) is 0 Å². The highest BCUT2D eigenvalue weighted by Crippen LogP contribution is 2.28. The molecule has 2 rings (SSSR count). The third-order valence-electron chi connectivity index (χ3n) is 3.27. The number of nitrogens with zero attached hydrogens (tertiary/aromatic N) is 3. The fourth-order valence-corrected chi connectivity index (χ4v) is 2.85. The van der Waals surface area contributed by atoms with Crippen LogP contribution in [-0.4, -0.2) is 42.5 Å². The van der Waals surface area contributed by atoms with E-state index in [1.165, 1.54) is 0 Å². The van der Waals surface area contributed by atoms with Crippen LogP contribution in [0.4, 0.5) is 5.82 Å². The summed E-state index contributed by atoms with van der Waals surface area (Å²) in [4.78, 5) is 20.4. The maximum atomic E-state index is 12.2. The first-order valence-electron chi connectivity index (χ1n) is 6.10. The topological polar surface area (TPSA) is 36.4 Å². The molecule has 0 saturated carbocycles. The summed E-state index contributed by atoms with van der Waals surface area (Å²) in [5.41, 5.74) is 1.10. The first-order chi connectivity index (χ1) is 8.50. The predicted octanol–water partition coefficient (Wildman–Crippen LogP) is 2.21. The Morgan fingerprint density at radius 2 is 2.28 bits per heavy atom. The molecule has 18 heavy (non-hydrogen) atoms. The zero-order valence-electron chi connectivity index (χ0n) is 11.0. The summed E-state index contributed by atoms with van der Waals surface area (Å²) < 4.78 is 0.971. The number of hydrogen-bond acceptors (Lipinski definition) is 3. The second-order valence-electron chi connectivity index (χ2n) is 4.88. The van der Waals surface area contributed by atoms with E-state index in [-0.39, 0.29) is 11.9 Å². The van der Waals surface area contributed by atoms with Crippen molar-refractivity contribution >= 4 is 27.7 Å². The summed E-state index contributed by atoms with van der Waals surface area (Å²) >= 11 is 3.42. The quantitative estimate of drug-likeness (QED) is 0.840. The van der Waals surface area contributed by atoms with Crippen molar-refractivity contribution < 1.29 is 4.79 Å². The van der Waals surface area contributed by atoms with Gasteiger partial charge in [0.2, 0.25) is 5.91 Å². The minimum atomic E-state index is -0.0626. The highest BCUT2D eigenvalue weighted by atomic mass is 79.9. The van der Waals surface area contributed by atoms with Gasteiger partial charge in [-0.15, -0.1) is 0 Å². The van der Waals surface area contributed by atoms with E-state index < -0.39 is 0 Å². The first kappa shape index (κ1) is 13.3. The van der Waals surface area contributed by atoms with E-state index in [4.69, 9.17) is 0 Å². The molecule has 1 aliphatic heterocycles. The fourth-order valence-electron chi connectivity index (χ4n) is 2.41. The van der Waals surface area contributed by atoms with Gasteiger partial charge in [0.05, 0.1) is 0 Å². The van der Waals surface area contributed by atoms with Crippen molar-refractivity contribution in [2.75, 3.05) is 25.5 Å². The third kappa shape index (κ3) is 2.51. The molecule has 1 fully saturated rings. The monoisotopic (exact) mass is 311 g/mol. The smallest absolute Gasteiger partial charge is 0.244 e. The molecule has 0 spiro atoms. The Bertz CT molecular complexity index is 462. The molecular formula is C13H18BrN3O. The molecule has 0 aromatic carbocycles. The number of rotatable bonds is 2. The Labute approximate surface area is 116 Å². The highest BCUT2D eigenvalue weighted by Gasteiger charge is 2.33. The minimum Gasteiger partial charge on any atom is -0.347 e. The van der Waals surface area contributed by atoms with Gasteiger partial charge in [-0.3, -0.25) is 4.79 Å². The van der Waals surface area contributed by atoms with E-state index in [1.807, 2.05) is 13.0 Å². The number of carbonyl (C=O) groups is 1. The van der Waals surface area contributed by atoms with Crippen LogP contribution in [0.5, 0.6) is 0 Å². The summed E-state index contributed by atoms with van der Waals surface area (Å²) in [5.74, 6) is 1.09. The number of amides is 1. The molecule has 1 amide bonds. The van der Waals surface area contributed by atoms with Gasteiger partial charge < -0.3 is 9.80 Å². The van der Waals surface area contributed by atoms with Gasteiger partial charge >= 0.3 is 0 Å². The lowest BCUT2D eigenvalue weighted by molar-refractivity contribution is -0.129. The van der Waals surface area contributed by atoms with Crippen molar-refractivity contribution in [3.8, 4) is 0 Å². The van der Waals surface area contributed by atoms with E-state index in [0.717, 1.165) is 35.2 Å². The summed E-state index contributed by atoms with van der Waals surface area (Å²) in [6.45, 7) is 2.93. The summed E-state index contributed by atoms with van der Waals surface area (Å²) in [6, 6.07) is 1.98. The zero-order chi connectivity index (χ0) is 13.3. The van der Waals surface area contributed by atoms with E-state index in [2.05, 4.69) is 25.8 Å². The SMILES string of the molecule is Cc1cc(Br)cnc1N1CCCC1C(=O)N(C)C. The Morgan fingerprint density at radius 3 is 2.89 bits per heavy atom. The van der Waals surface area contributed by atoms with Gasteiger partial charge in [0.1, 0.15) is 11.9 Å². The van der Waals surface area contributed by atoms with Crippen LogP contribution in [0.15, 0.2) is 16.7 Å². The van der Waals surface area contributed by atoms with Crippen molar-refractivity contribution in [1.29, 1.82) is 0 Å². The standard InChI is InChI=1S/C13H18BrN3O/c1-9-7-10(14)8-15-12(9)17-6-4-5-11(17)13(18)16(2)3/h7-8,11H,4-6H2,1-3H3. The molecule has 0 radical (unpaired) electrons. The van der Waals surface area contributed by atoms with Crippen molar-refractivity contribution in [2.45, 2.75) is 25.8 Å². The van der Waals surface area contributed by atoms with Crippen molar-refractivity contribution in [1.82, 2.24) is 9.88 Å². The second-order valence-corrected chi connectivity index (χ2v) is 5.79. The molecular weight excluding hydrogens is 294 g/mol. The van der Waals surface area contributed by atoms with Gasteiger partial charge in [-0.05, 0) is 47.3 Å². The second kappa shape index (κ2) is 5.26. The molecule has 0 aliphatic carbocycles. The van der Waals surface area contributed by atoms with Gasteiger partial charge in [0.15, 0.2) is 0 Å². The molecule has 1 unspecified atom stereocenters. The van der Waals surface area contributed by atoms with Crippen LogP contribution in [0.25, 0.3) is 0 Å². The van der Waals surface area contributed by atoms with E-state index in [0.29, 0.717) is 0 Å². The molecule has 5 heteroatoms. The Balaban J connectivity index is 2.29. The van der Waals surface area contributed by atoms with E-state index in [9.17, 15) is 4.79 Å². The number of halogens is 1. The fraction of sp³-hybridized carbons (Fsp3) is 0.538. The Hall–Kier alpha value is -1.10. The molecule has 1 saturated heterocycles. The van der Waals surface area contributed by atoms with Crippen LogP contribution < -0.4 is 4.90 Å². The number of aromatic nitrogens is 1. The first-order valence-corrected chi connectivity index (χ1v) is 6.90. The molecule has 0 bridgehead atoms. The average Bonchev–Trinajstić information content (AvgIpc) is 2.76. The molecule has 0 N–H and O–H groups in total. The number of likely N-dealkylation sites (N-methyl/N-ethyl adjacent to an activating group) is 1. The largest absolute Gasteiger partial charge is 0.347 e. The average molecular weight is 312 g/mol. The summed E-state index contributed by atoms with van der Waals surface area (Å²) in [6.07, 6.45) is 3.74. The van der Waals surface area contributed by atoms with Crippen LogP contribution in [-0.2, 0) is 4.79 Å². The van der Waals surface area contributed by atoms with Crippen molar-refractivity contribution in [2.24, 2.45) is 0 Å². The van der Waals surface area contributed by atoms with Gasteiger partial charge in [-0.1, -0.05) is 0 Å². The zero-order valence-corrected chi connectivity index (χ0v) is 12.6. The van der Waals surface area contributed by atoms with Crippen molar-refractivity contribution in [3.63, 3.8) is 0 Å². The lowest BCUT2D eigenvalue weighted by Crippen LogP contribution is -2.43.